The summed E-state index contributed by atoms with van der Waals surface area (Å²) in [6.07, 6.45) is -3.10. The van der Waals surface area contributed by atoms with E-state index in [2.05, 4.69) is 4.98 Å². The molecule has 6 nitrogen and oxygen atoms in total. The molecule has 0 aliphatic carbocycles. The van der Waals surface area contributed by atoms with Gasteiger partial charge in [-0.05, 0) is 48.9 Å². The van der Waals surface area contributed by atoms with Crippen LogP contribution in [0.2, 0.25) is 0 Å². The van der Waals surface area contributed by atoms with Crippen molar-refractivity contribution in [3.63, 3.8) is 0 Å². The molecule has 11 heteroatoms. The summed E-state index contributed by atoms with van der Waals surface area (Å²) in [6.45, 7) is 1.83. The predicted octanol–water partition coefficient (Wildman–Crippen LogP) is 4.74. The number of aromatic nitrogens is 1. The van der Waals surface area contributed by atoms with Gasteiger partial charge in [-0.25, -0.2) is 13.4 Å². The standard InChI is InChI=1S/C23H19F3N2O4S2/c1-14(28-22(29)23(24,25)26)15-5-7-16(8-6-15)33-19-10-9-18-17(11-13-32-18)21(19)34(30,31)20-4-2-3-12-27-20/h2-10,12,14H,11,13H2,1H3,(H,28,29). The van der Waals surface area contributed by atoms with Crippen LogP contribution >= 0.6 is 11.8 Å². The molecule has 1 unspecified atom stereocenters. The fourth-order valence-electron chi connectivity index (χ4n) is 3.52. The van der Waals surface area contributed by atoms with Gasteiger partial charge in [-0.1, -0.05) is 30.0 Å². The highest BCUT2D eigenvalue weighted by Crippen LogP contribution is 2.42. The maximum atomic E-state index is 13.5. The lowest BCUT2D eigenvalue weighted by atomic mass is 10.1. The van der Waals surface area contributed by atoms with E-state index in [0.29, 0.717) is 39.7 Å². The monoisotopic (exact) mass is 508 g/mol. The second-order valence-corrected chi connectivity index (χ2v) is 10.5. The Hall–Kier alpha value is -3.05. The number of hydrogen-bond acceptors (Lipinski definition) is 6. The number of nitrogens with one attached hydrogen (secondary N) is 1. The molecule has 1 N–H and O–H groups in total. The third-order valence-corrected chi connectivity index (χ3v) is 8.18. The van der Waals surface area contributed by atoms with Crippen molar-refractivity contribution < 1.29 is 31.1 Å². The number of alkyl halides is 3. The number of benzene rings is 2. The normalized spacial score (nSPS) is 14.2. The van der Waals surface area contributed by atoms with E-state index >= 15 is 0 Å². The molecule has 1 atom stereocenters. The molecule has 0 bridgehead atoms. The number of sulfone groups is 1. The largest absolute Gasteiger partial charge is 0.493 e. The highest BCUT2D eigenvalue weighted by atomic mass is 32.2. The number of ether oxygens (including phenoxy) is 1. The van der Waals surface area contributed by atoms with Crippen molar-refractivity contribution in [3.05, 3.63) is 71.9 Å². The van der Waals surface area contributed by atoms with Crippen LogP contribution in [0.4, 0.5) is 13.2 Å². The molecule has 2 aromatic carbocycles. The number of carbonyl (C=O) groups is 1. The number of carbonyl (C=O) groups excluding carboxylic acids is 1. The van der Waals surface area contributed by atoms with Crippen LogP contribution in [-0.2, 0) is 21.1 Å². The van der Waals surface area contributed by atoms with Crippen molar-refractivity contribution in [2.24, 2.45) is 0 Å². The van der Waals surface area contributed by atoms with Crippen LogP contribution in [-0.4, -0.2) is 32.1 Å². The average Bonchev–Trinajstić information content (AvgIpc) is 3.28. The summed E-state index contributed by atoms with van der Waals surface area (Å²) in [4.78, 5) is 16.5. The molecule has 2 heterocycles. The first-order valence-corrected chi connectivity index (χ1v) is 12.5. The SMILES string of the molecule is CC(NC(=O)C(F)(F)F)c1ccc(Sc2ccc3c(c2S(=O)(=O)c2ccccn2)CCO3)cc1. The predicted molar refractivity (Wildman–Crippen MR) is 119 cm³/mol. The average molecular weight is 509 g/mol. The van der Waals surface area contributed by atoms with Gasteiger partial charge in [0.15, 0.2) is 5.03 Å². The van der Waals surface area contributed by atoms with Crippen molar-refractivity contribution in [2.45, 2.75) is 45.3 Å². The Labute approximate surface area is 198 Å². The van der Waals surface area contributed by atoms with Crippen LogP contribution in [0.25, 0.3) is 0 Å². The number of halogens is 3. The zero-order valence-corrected chi connectivity index (χ0v) is 19.4. The van der Waals surface area contributed by atoms with E-state index in [-0.39, 0.29) is 9.92 Å². The van der Waals surface area contributed by atoms with Crippen molar-refractivity contribution in [3.8, 4) is 5.75 Å². The van der Waals surface area contributed by atoms with E-state index in [4.69, 9.17) is 4.74 Å². The first kappa shape index (κ1) is 24.1. The summed E-state index contributed by atoms with van der Waals surface area (Å²) in [6, 6.07) is 13.7. The molecular formula is C23H19F3N2O4S2. The summed E-state index contributed by atoms with van der Waals surface area (Å²) in [7, 11) is -3.93. The van der Waals surface area contributed by atoms with Crippen LogP contribution in [0, 0.1) is 0 Å². The summed E-state index contributed by atoms with van der Waals surface area (Å²) >= 11 is 1.21. The number of rotatable bonds is 6. The Morgan fingerprint density at radius 3 is 2.50 bits per heavy atom. The topological polar surface area (TPSA) is 85.4 Å². The maximum absolute atomic E-state index is 13.5. The van der Waals surface area contributed by atoms with E-state index in [1.54, 1.807) is 48.5 Å². The Bertz CT molecular complexity index is 1310. The van der Waals surface area contributed by atoms with E-state index in [1.165, 1.54) is 30.9 Å². The van der Waals surface area contributed by atoms with Gasteiger partial charge in [0.2, 0.25) is 9.84 Å². The van der Waals surface area contributed by atoms with Gasteiger partial charge in [-0.15, -0.1) is 0 Å². The van der Waals surface area contributed by atoms with Gasteiger partial charge in [-0.3, -0.25) is 4.79 Å². The van der Waals surface area contributed by atoms with Gasteiger partial charge in [-0.2, -0.15) is 13.2 Å². The van der Waals surface area contributed by atoms with Gasteiger partial charge in [0, 0.05) is 28.0 Å². The molecule has 0 saturated heterocycles. The third kappa shape index (κ3) is 4.90. The van der Waals surface area contributed by atoms with Gasteiger partial charge in [0.25, 0.3) is 0 Å². The Morgan fingerprint density at radius 1 is 1.12 bits per heavy atom. The lowest BCUT2D eigenvalue weighted by Crippen LogP contribution is -2.38. The summed E-state index contributed by atoms with van der Waals surface area (Å²) < 4.78 is 70.0. The third-order valence-electron chi connectivity index (χ3n) is 5.19. The fourth-order valence-corrected chi connectivity index (χ4v) is 6.38. The van der Waals surface area contributed by atoms with E-state index in [1.807, 2.05) is 5.32 Å². The summed E-state index contributed by atoms with van der Waals surface area (Å²) in [5.41, 5.74) is 1.07. The molecule has 34 heavy (non-hydrogen) atoms. The molecular weight excluding hydrogens is 489 g/mol. The van der Waals surface area contributed by atoms with Crippen molar-refractivity contribution in [1.29, 1.82) is 0 Å². The molecule has 0 spiro atoms. The number of amides is 1. The number of nitrogens with zero attached hydrogens (tertiary/aromatic N) is 1. The van der Waals surface area contributed by atoms with Gasteiger partial charge in [0.1, 0.15) is 5.75 Å². The Kier molecular flexibility index (Phi) is 6.59. The molecule has 1 aliphatic heterocycles. The van der Waals surface area contributed by atoms with Crippen LogP contribution in [0.3, 0.4) is 0 Å². The van der Waals surface area contributed by atoms with Gasteiger partial charge in [0.05, 0.1) is 17.5 Å². The molecule has 1 aliphatic rings. The van der Waals surface area contributed by atoms with Crippen LogP contribution in [0.15, 0.2) is 80.5 Å². The van der Waals surface area contributed by atoms with Crippen LogP contribution in [0.1, 0.15) is 24.1 Å². The minimum absolute atomic E-state index is 0.0678. The van der Waals surface area contributed by atoms with Crippen LogP contribution < -0.4 is 10.1 Å². The van der Waals surface area contributed by atoms with E-state index in [9.17, 15) is 26.4 Å². The minimum Gasteiger partial charge on any atom is -0.493 e. The van der Waals surface area contributed by atoms with Crippen molar-refractivity contribution >= 4 is 27.5 Å². The maximum Gasteiger partial charge on any atom is 0.471 e. The second kappa shape index (κ2) is 9.30. The minimum atomic E-state index is -4.96. The first-order chi connectivity index (χ1) is 16.1. The van der Waals surface area contributed by atoms with Gasteiger partial charge < -0.3 is 10.1 Å². The molecule has 0 saturated carbocycles. The zero-order valence-electron chi connectivity index (χ0n) is 17.8. The number of fused-ring (bicyclic) bond motifs is 1. The van der Waals surface area contributed by atoms with Gasteiger partial charge >= 0.3 is 12.1 Å². The Morgan fingerprint density at radius 2 is 1.85 bits per heavy atom. The molecule has 3 aromatic rings. The van der Waals surface area contributed by atoms with Crippen molar-refractivity contribution in [2.75, 3.05) is 6.61 Å². The molecule has 1 amide bonds. The lowest BCUT2D eigenvalue weighted by Gasteiger charge is -2.16. The second-order valence-electron chi connectivity index (χ2n) is 7.50. The summed E-state index contributed by atoms with van der Waals surface area (Å²) in [5, 5.41) is 1.84. The van der Waals surface area contributed by atoms with Crippen molar-refractivity contribution in [1.82, 2.24) is 10.3 Å². The molecule has 0 radical (unpaired) electrons. The number of hydrogen-bond donors (Lipinski definition) is 1. The van der Waals surface area contributed by atoms with Crippen LogP contribution in [0.5, 0.6) is 5.75 Å². The molecule has 178 valence electrons. The molecule has 0 fully saturated rings. The molecule has 1 aromatic heterocycles. The molecule has 4 rings (SSSR count). The summed E-state index contributed by atoms with van der Waals surface area (Å²) in [5.74, 6) is -1.49. The first-order valence-electron chi connectivity index (χ1n) is 10.2. The van der Waals surface area contributed by atoms with E-state index in [0.717, 1.165) is 0 Å². The number of pyridine rings is 1. The smallest absolute Gasteiger partial charge is 0.471 e. The Balaban J connectivity index is 1.64. The highest BCUT2D eigenvalue weighted by molar-refractivity contribution is 8.00. The highest BCUT2D eigenvalue weighted by Gasteiger charge is 2.39. The van der Waals surface area contributed by atoms with E-state index < -0.39 is 28.0 Å². The lowest BCUT2D eigenvalue weighted by molar-refractivity contribution is -0.174. The fraction of sp³-hybridized carbons (Fsp3) is 0.217. The quantitative estimate of drug-likeness (QED) is 0.518. The zero-order chi connectivity index (χ0) is 24.5.